The topological polar surface area (TPSA) is 113 Å². The monoisotopic (exact) mass is 295 g/mol. The van der Waals surface area contributed by atoms with Crippen LogP contribution in [0, 0.1) is 10.1 Å². The summed E-state index contributed by atoms with van der Waals surface area (Å²) in [6.07, 6.45) is 4.86. The third kappa shape index (κ3) is 4.25. The van der Waals surface area contributed by atoms with Gasteiger partial charge in [0.2, 0.25) is 11.8 Å². The van der Waals surface area contributed by atoms with Crippen molar-refractivity contribution in [3.05, 3.63) is 16.3 Å². The highest BCUT2D eigenvalue weighted by Gasteiger charge is 2.24. The van der Waals surface area contributed by atoms with Gasteiger partial charge in [0.1, 0.15) is 6.20 Å². The van der Waals surface area contributed by atoms with E-state index < -0.39 is 4.92 Å². The molecule has 8 heteroatoms. The fourth-order valence-electron chi connectivity index (χ4n) is 2.35. The molecular weight excluding hydrogens is 274 g/mol. The van der Waals surface area contributed by atoms with Crippen molar-refractivity contribution in [3.63, 3.8) is 0 Å². The molecule has 8 nitrogen and oxygen atoms in total. The first-order valence-corrected chi connectivity index (χ1v) is 7.30. The molecule has 116 valence electrons. The third-order valence-electron chi connectivity index (χ3n) is 3.54. The van der Waals surface area contributed by atoms with E-state index in [1.165, 1.54) is 6.20 Å². The van der Waals surface area contributed by atoms with E-state index in [-0.39, 0.29) is 23.7 Å². The molecule has 1 aromatic heterocycles. The molecule has 1 fully saturated rings. The standard InChI is InChI=1S/C13H21N5O3/c1-2-7-14-13-15-8-11(18(20)21)12(17-13)16-9-3-5-10(19)6-4-9/h8-10,19H,2-7H2,1H3,(H2,14,15,16,17). The van der Waals surface area contributed by atoms with Crippen molar-refractivity contribution in [1.82, 2.24) is 9.97 Å². The van der Waals surface area contributed by atoms with Crippen LogP contribution >= 0.6 is 0 Å². The van der Waals surface area contributed by atoms with Gasteiger partial charge in [-0.1, -0.05) is 6.92 Å². The first kappa shape index (κ1) is 15.4. The smallest absolute Gasteiger partial charge is 0.329 e. The summed E-state index contributed by atoms with van der Waals surface area (Å²) in [6, 6.07) is 0.0982. The molecule has 0 aliphatic heterocycles. The van der Waals surface area contributed by atoms with Gasteiger partial charge in [0.15, 0.2) is 0 Å². The van der Waals surface area contributed by atoms with Crippen LogP contribution in [0.3, 0.4) is 0 Å². The van der Waals surface area contributed by atoms with Crippen molar-refractivity contribution in [3.8, 4) is 0 Å². The van der Waals surface area contributed by atoms with E-state index in [0.29, 0.717) is 25.3 Å². The molecule has 0 atom stereocenters. The summed E-state index contributed by atoms with van der Waals surface area (Å²) in [5.41, 5.74) is -0.122. The van der Waals surface area contributed by atoms with Gasteiger partial charge < -0.3 is 15.7 Å². The first-order chi connectivity index (χ1) is 10.1. The second kappa shape index (κ2) is 7.16. The predicted molar refractivity (Wildman–Crippen MR) is 79.4 cm³/mol. The van der Waals surface area contributed by atoms with Gasteiger partial charge in [0.05, 0.1) is 11.0 Å². The number of nitrogens with zero attached hydrogens (tertiary/aromatic N) is 3. The van der Waals surface area contributed by atoms with Gasteiger partial charge in [0, 0.05) is 12.6 Å². The zero-order valence-corrected chi connectivity index (χ0v) is 12.1. The zero-order chi connectivity index (χ0) is 15.2. The van der Waals surface area contributed by atoms with Crippen molar-refractivity contribution < 1.29 is 10.0 Å². The van der Waals surface area contributed by atoms with Crippen molar-refractivity contribution in [2.45, 2.75) is 51.2 Å². The Kier molecular flexibility index (Phi) is 5.26. The van der Waals surface area contributed by atoms with Gasteiger partial charge in [-0.2, -0.15) is 4.98 Å². The van der Waals surface area contributed by atoms with Crippen LogP contribution in [0.5, 0.6) is 0 Å². The van der Waals surface area contributed by atoms with E-state index in [9.17, 15) is 15.2 Å². The minimum Gasteiger partial charge on any atom is -0.393 e. The molecule has 0 radical (unpaired) electrons. The Morgan fingerprint density at radius 2 is 2.14 bits per heavy atom. The maximum absolute atomic E-state index is 11.1. The molecule has 1 aromatic rings. The Labute approximate surface area is 123 Å². The number of anilines is 2. The van der Waals surface area contributed by atoms with Crippen LogP contribution in [-0.4, -0.2) is 38.7 Å². The van der Waals surface area contributed by atoms with E-state index in [2.05, 4.69) is 20.6 Å². The second-order valence-corrected chi connectivity index (χ2v) is 5.26. The molecule has 0 bridgehead atoms. The van der Waals surface area contributed by atoms with E-state index >= 15 is 0 Å². The quantitative estimate of drug-likeness (QED) is 0.542. The van der Waals surface area contributed by atoms with Gasteiger partial charge in [-0.3, -0.25) is 10.1 Å². The fourth-order valence-corrected chi connectivity index (χ4v) is 2.35. The Bertz CT molecular complexity index is 489. The molecule has 21 heavy (non-hydrogen) atoms. The van der Waals surface area contributed by atoms with Crippen molar-refractivity contribution >= 4 is 17.5 Å². The predicted octanol–water partition coefficient (Wildman–Crippen LogP) is 1.92. The molecule has 2 rings (SSSR count). The van der Waals surface area contributed by atoms with E-state index in [4.69, 9.17) is 0 Å². The Morgan fingerprint density at radius 3 is 2.76 bits per heavy atom. The number of rotatable bonds is 6. The molecule has 0 amide bonds. The lowest BCUT2D eigenvalue weighted by molar-refractivity contribution is -0.384. The molecule has 1 aliphatic rings. The largest absolute Gasteiger partial charge is 0.393 e. The summed E-state index contributed by atoms with van der Waals surface area (Å²) in [5.74, 6) is 0.635. The Balaban J connectivity index is 2.12. The maximum atomic E-state index is 11.1. The molecule has 1 saturated carbocycles. The highest BCUT2D eigenvalue weighted by atomic mass is 16.6. The first-order valence-electron chi connectivity index (χ1n) is 7.30. The van der Waals surface area contributed by atoms with Gasteiger partial charge in [-0.25, -0.2) is 4.98 Å². The molecule has 0 aromatic carbocycles. The highest BCUT2D eigenvalue weighted by Crippen LogP contribution is 2.27. The average molecular weight is 295 g/mol. The lowest BCUT2D eigenvalue weighted by Crippen LogP contribution is -2.29. The molecule has 0 saturated heterocycles. The average Bonchev–Trinajstić information content (AvgIpc) is 2.47. The molecule has 3 N–H and O–H groups in total. The Morgan fingerprint density at radius 1 is 1.43 bits per heavy atom. The normalized spacial score (nSPS) is 21.8. The SMILES string of the molecule is CCCNc1ncc([N+](=O)[O-])c(NC2CCC(O)CC2)n1. The second-order valence-electron chi connectivity index (χ2n) is 5.26. The lowest BCUT2D eigenvalue weighted by Gasteiger charge is -2.26. The minimum atomic E-state index is -0.483. The van der Waals surface area contributed by atoms with Gasteiger partial charge in [0.25, 0.3) is 0 Å². The minimum absolute atomic E-state index is 0.0982. The number of nitrogens with one attached hydrogen (secondary N) is 2. The molecule has 1 heterocycles. The number of aliphatic hydroxyl groups excluding tert-OH is 1. The van der Waals surface area contributed by atoms with Crippen LogP contribution < -0.4 is 10.6 Å². The molecular formula is C13H21N5O3. The van der Waals surface area contributed by atoms with Gasteiger partial charge in [-0.05, 0) is 32.1 Å². The maximum Gasteiger partial charge on any atom is 0.329 e. The number of nitro groups is 1. The number of aliphatic hydroxyl groups is 1. The molecule has 0 unspecified atom stereocenters. The number of aromatic nitrogens is 2. The van der Waals surface area contributed by atoms with Crippen LogP contribution in [0.2, 0.25) is 0 Å². The van der Waals surface area contributed by atoms with E-state index in [1.54, 1.807) is 0 Å². The summed E-state index contributed by atoms with van der Waals surface area (Å²) in [5, 5.41) is 26.7. The zero-order valence-electron chi connectivity index (χ0n) is 12.1. The fraction of sp³-hybridized carbons (Fsp3) is 0.692. The van der Waals surface area contributed by atoms with Crippen LogP contribution in [0.4, 0.5) is 17.5 Å². The van der Waals surface area contributed by atoms with Crippen molar-refractivity contribution in [2.75, 3.05) is 17.2 Å². The molecule has 1 aliphatic carbocycles. The summed E-state index contributed by atoms with van der Waals surface area (Å²) < 4.78 is 0. The summed E-state index contributed by atoms with van der Waals surface area (Å²) in [7, 11) is 0. The lowest BCUT2D eigenvalue weighted by atomic mass is 9.93. The van der Waals surface area contributed by atoms with Crippen LogP contribution in [0.25, 0.3) is 0 Å². The van der Waals surface area contributed by atoms with Crippen LogP contribution in [0.1, 0.15) is 39.0 Å². The van der Waals surface area contributed by atoms with E-state index in [0.717, 1.165) is 19.3 Å². The molecule has 0 spiro atoms. The van der Waals surface area contributed by atoms with Crippen molar-refractivity contribution in [1.29, 1.82) is 0 Å². The summed E-state index contributed by atoms with van der Waals surface area (Å²) >= 11 is 0. The van der Waals surface area contributed by atoms with Crippen molar-refractivity contribution in [2.24, 2.45) is 0 Å². The summed E-state index contributed by atoms with van der Waals surface area (Å²) in [4.78, 5) is 18.7. The van der Waals surface area contributed by atoms with Gasteiger partial charge >= 0.3 is 5.69 Å². The van der Waals surface area contributed by atoms with Crippen LogP contribution in [0.15, 0.2) is 6.20 Å². The number of hydrogen-bond donors (Lipinski definition) is 3. The third-order valence-corrected chi connectivity index (χ3v) is 3.54. The van der Waals surface area contributed by atoms with Crippen LogP contribution in [-0.2, 0) is 0 Å². The summed E-state index contributed by atoms with van der Waals surface area (Å²) in [6.45, 7) is 2.73. The number of hydrogen-bond acceptors (Lipinski definition) is 7. The van der Waals surface area contributed by atoms with Gasteiger partial charge in [-0.15, -0.1) is 0 Å². The highest BCUT2D eigenvalue weighted by molar-refractivity contribution is 5.57. The van der Waals surface area contributed by atoms with E-state index in [1.807, 2.05) is 6.92 Å². The Hall–Kier alpha value is -1.96.